The van der Waals surface area contributed by atoms with E-state index in [1.807, 2.05) is 22.8 Å². The van der Waals surface area contributed by atoms with Gasteiger partial charge in [0.1, 0.15) is 41.7 Å². The maximum Gasteiger partial charge on any atom is 0.238 e. The van der Waals surface area contributed by atoms with Crippen LogP contribution in [0.3, 0.4) is 0 Å². The average Bonchev–Trinajstić information content (AvgIpc) is 3.20. The molecule has 167 valence electrons. The van der Waals surface area contributed by atoms with E-state index in [0.717, 1.165) is 45.7 Å². The Labute approximate surface area is 190 Å². The van der Waals surface area contributed by atoms with Crippen LogP contribution >= 0.6 is 0 Å². The molecule has 0 amide bonds. The summed E-state index contributed by atoms with van der Waals surface area (Å²) >= 11 is 0. The molecule has 5 heterocycles. The van der Waals surface area contributed by atoms with Crippen molar-refractivity contribution in [3.63, 3.8) is 0 Å². The minimum Gasteiger partial charge on any atom is -0.494 e. The number of methoxy groups -OCH3 is 1. The Hall–Kier alpha value is -3.88. The van der Waals surface area contributed by atoms with Crippen LogP contribution in [0.4, 0.5) is 0 Å². The summed E-state index contributed by atoms with van der Waals surface area (Å²) < 4.78 is 17.6. The number of aromatic nitrogens is 7. The number of rotatable bonds is 8. The lowest BCUT2D eigenvalue weighted by molar-refractivity contribution is 0.283. The second-order valence-electron chi connectivity index (χ2n) is 8.42. The molecule has 5 aromatic heterocycles. The van der Waals surface area contributed by atoms with E-state index in [-0.39, 0.29) is 0 Å². The van der Waals surface area contributed by atoms with Gasteiger partial charge < -0.3 is 14.0 Å². The molecule has 0 saturated heterocycles. The maximum absolute atomic E-state index is 6.14. The van der Waals surface area contributed by atoms with Crippen LogP contribution in [0, 0.1) is 18.9 Å². The Balaban J connectivity index is 1.46. The van der Waals surface area contributed by atoms with E-state index in [4.69, 9.17) is 14.6 Å². The Bertz CT molecular complexity index is 1430. The third kappa shape index (κ3) is 3.49. The molecule has 1 aliphatic rings. The topological polar surface area (TPSA) is 84.3 Å². The van der Waals surface area contributed by atoms with Crippen LogP contribution < -0.4 is 9.47 Å². The predicted octanol–water partition coefficient (Wildman–Crippen LogP) is 3.55. The molecule has 33 heavy (non-hydrogen) atoms. The van der Waals surface area contributed by atoms with Gasteiger partial charge in [-0.3, -0.25) is 0 Å². The van der Waals surface area contributed by atoms with Crippen molar-refractivity contribution in [2.45, 2.75) is 32.9 Å². The van der Waals surface area contributed by atoms with Crippen molar-refractivity contribution < 1.29 is 9.47 Å². The Morgan fingerprint density at radius 3 is 2.94 bits per heavy atom. The highest BCUT2D eigenvalue weighted by Gasteiger charge is 2.27. The van der Waals surface area contributed by atoms with Gasteiger partial charge in [-0.2, -0.15) is 10.2 Å². The Morgan fingerprint density at radius 2 is 2.15 bits per heavy atom. The Kier molecular flexibility index (Phi) is 4.74. The number of nitrogens with zero attached hydrogens (tertiary/aromatic N) is 7. The third-order valence-electron chi connectivity index (χ3n) is 6.19. The van der Waals surface area contributed by atoms with Gasteiger partial charge in [0.05, 0.1) is 19.3 Å². The maximum atomic E-state index is 6.14. The van der Waals surface area contributed by atoms with Crippen molar-refractivity contribution in [1.82, 2.24) is 33.9 Å². The van der Waals surface area contributed by atoms with Crippen molar-refractivity contribution in [2.24, 2.45) is 5.92 Å². The summed E-state index contributed by atoms with van der Waals surface area (Å²) in [5.41, 5.74) is 5.03. The van der Waals surface area contributed by atoms with Crippen molar-refractivity contribution in [2.75, 3.05) is 13.7 Å². The molecule has 9 nitrogen and oxygen atoms in total. The molecule has 0 atom stereocenters. The zero-order valence-electron chi connectivity index (χ0n) is 18.6. The zero-order chi connectivity index (χ0) is 22.4. The van der Waals surface area contributed by atoms with Gasteiger partial charge in [-0.15, -0.1) is 0 Å². The molecule has 1 saturated carbocycles. The molecule has 0 bridgehead atoms. The van der Waals surface area contributed by atoms with E-state index in [1.165, 1.54) is 19.2 Å². The number of aryl methyl sites for hydroxylation is 1. The molecule has 5 aromatic rings. The monoisotopic (exact) mass is 442 g/mol. The van der Waals surface area contributed by atoms with Gasteiger partial charge >= 0.3 is 0 Å². The van der Waals surface area contributed by atoms with E-state index in [1.54, 1.807) is 24.3 Å². The second-order valence-corrected chi connectivity index (χ2v) is 8.42. The lowest BCUT2D eigenvalue weighted by Crippen LogP contribution is -2.10. The van der Waals surface area contributed by atoms with Gasteiger partial charge in [-0.25, -0.2) is 19.2 Å². The fourth-order valence-corrected chi connectivity index (χ4v) is 4.38. The van der Waals surface area contributed by atoms with E-state index < -0.39 is 0 Å². The molecular weight excluding hydrogens is 418 g/mol. The molecule has 0 aromatic carbocycles. The highest BCUT2D eigenvalue weighted by molar-refractivity contribution is 5.91. The quantitative estimate of drug-likeness (QED) is 0.365. The SMILES string of the molecule is COc1c[c]cn2nc(-c3cc4ccnc(OCCn5cncn5)c4n3CC3CC3)c(C)c12. The molecule has 0 N–H and O–H groups in total. The van der Waals surface area contributed by atoms with Crippen LogP contribution in [0.2, 0.25) is 0 Å². The van der Waals surface area contributed by atoms with Crippen LogP contribution in [-0.4, -0.2) is 47.6 Å². The van der Waals surface area contributed by atoms with Crippen molar-refractivity contribution in [3.05, 3.63) is 54.9 Å². The lowest BCUT2D eigenvalue weighted by Gasteiger charge is -2.12. The normalized spacial score (nSPS) is 13.8. The molecular formula is C24H24N7O2. The van der Waals surface area contributed by atoms with Crippen LogP contribution in [0.25, 0.3) is 27.8 Å². The fraction of sp³-hybridized carbons (Fsp3) is 0.333. The van der Waals surface area contributed by atoms with Crippen molar-refractivity contribution >= 4 is 16.4 Å². The zero-order valence-corrected chi connectivity index (χ0v) is 18.6. The summed E-state index contributed by atoms with van der Waals surface area (Å²) in [6.07, 6.45) is 9.33. The van der Waals surface area contributed by atoms with Crippen LogP contribution in [-0.2, 0) is 13.1 Å². The Morgan fingerprint density at radius 1 is 1.24 bits per heavy atom. The van der Waals surface area contributed by atoms with Crippen LogP contribution in [0.1, 0.15) is 18.4 Å². The van der Waals surface area contributed by atoms with E-state index >= 15 is 0 Å². The number of ether oxygens (including phenoxy) is 2. The highest BCUT2D eigenvalue weighted by atomic mass is 16.5. The third-order valence-corrected chi connectivity index (χ3v) is 6.19. The highest BCUT2D eigenvalue weighted by Crippen LogP contribution is 2.39. The van der Waals surface area contributed by atoms with Gasteiger partial charge in [0.2, 0.25) is 5.88 Å². The van der Waals surface area contributed by atoms with Gasteiger partial charge in [0.15, 0.2) is 0 Å². The molecule has 0 aliphatic heterocycles. The van der Waals surface area contributed by atoms with Gasteiger partial charge in [0, 0.05) is 36.0 Å². The summed E-state index contributed by atoms with van der Waals surface area (Å²) in [6, 6.07) is 9.17. The van der Waals surface area contributed by atoms with Crippen molar-refractivity contribution in [3.8, 4) is 23.0 Å². The van der Waals surface area contributed by atoms with Gasteiger partial charge in [0.25, 0.3) is 0 Å². The van der Waals surface area contributed by atoms with E-state index in [2.05, 4.69) is 38.7 Å². The molecule has 1 fully saturated rings. The molecule has 6 rings (SSSR count). The summed E-state index contributed by atoms with van der Waals surface area (Å²) in [7, 11) is 1.67. The van der Waals surface area contributed by atoms with Gasteiger partial charge in [-0.05, 0) is 43.9 Å². The average molecular weight is 443 g/mol. The fourth-order valence-electron chi connectivity index (χ4n) is 4.38. The molecule has 0 spiro atoms. The predicted molar refractivity (Wildman–Crippen MR) is 122 cm³/mol. The summed E-state index contributed by atoms with van der Waals surface area (Å²) in [5, 5.41) is 10.1. The summed E-state index contributed by atoms with van der Waals surface area (Å²) in [6.45, 7) is 4.07. The molecule has 1 aliphatic carbocycles. The minimum absolute atomic E-state index is 0.458. The standard InChI is InChI=1S/C24H24N7O2/c1-16-21(28-31-9-3-4-20(32-2)22(16)31)19-12-18-7-8-26-24(23(18)30(19)13-17-5-6-17)33-11-10-29-15-25-14-27-29/h4,7-9,12,14-15,17H,5-6,10-11,13H2,1-2H3. The summed E-state index contributed by atoms with van der Waals surface area (Å²) in [5.74, 6) is 2.06. The minimum atomic E-state index is 0.458. The first kappa shape index (κ1) is 19.8. The number of pyridine rings is 2. The van der Waals surface area contributed by atoms with Crippen LogP contribution in [0.15, 0.2) is 43.2 Å². The first-order valence-electron chi connectivity index (χ1n) is 11.1. The first-order valence-corrected chi connectivity index (χ1v) is 11.1. The van der Waals surface area contributed by atoms with E-state index in [9.17, 15) is 0 Å². The molecule has 1 radical (unpaired) electrons. The molecule has 0 unspecified atom stereocenters. The number of hydrogen-bond acceptors (Lipinski definition) is 6. The van der Waals surface area contributed by atoms with Crippen molar-refractivity contribution in [1.29, 1.82) is 0 Å². The largest absolute Gasteiger partial charge is 0.494 e. The number of hydrogen-bond donors (Lipinski definition) is 0. The van der Waals surface area contributed by atoms with Gasteiger partial charge in [-0.1, -0.05) is 0 Å². The van der Waals surface area contributed by atoms with E-state index in [0.29, 0.717) is 24.9 Å². The number of fused-ring (bicyclic) bond motifs is 2. The first-order chi connectivity index (χ1) is 16.2. The summed E-state index contributed by atoms with van der Waals surface area (Å²) in [4.78, 5) is 8.56. The second kappa shape index (κ2) is 7.91. The van der Waals surface area contributed by atoms with Crippen LogP contribution in [0.5, 0.6) is 11.6 Å². The molecule has 9 heteroatoms. The smallest absolute Gasteiger partial charge is 0.238 e. The lowest BCUT2D eigenvalue weighted by atomic mass is 10.1.